The van der Waals surface area contributed by atoms with E-state index in [-0.39, 0.29) is 18.2 Å². The zero-order chi connectivity index (χ0) is 15.2. The topological polar surface area (TPSA) is 76.9 Å². The summed E-state index contributed by atoms with van der Waals surface area (Å²) in [5.74, 6) is -0.250. The number of hydrogen-bond donors (Lipinski definition) is 1. The molecular weight excluding hydrogens is 268 g/mol. The van der Waals surface area contributed by atoms with E-state index in [4.69, 9.17) is 0 Å². The first-order valence-electron chi connectivity index (χ1n) is 6.81. The lowest BCUT2D eigenvalue weighted by Gasteiger charge is -2.09. The van der Waals surface area contributed by atoms with E-state index >= 15 is 0 Å². The second kappa shape index (κ2) is 6.78. The maximum atomic E-state index is 11.9. The average Bonchev–Trinajstić information content (AvgIpc) is 2.96. The van der Waals surface area contributed by atoms with Gasteiger partial charge in [-0.1, -0.05) is 17.7 Å². The molecule has 1 N–H and O–H groups in total. The fourth-order valence-corrected chi connectivity index (χ4v) is 2.02. The van der Waals surface area contributed by atoms with E-state index in [1.165, 1.54) is 17.3 Å². The monoisotopic (exact) mass is 286 g/mol. The number of nitrogens with zero attached hydrogens (tertiary/aromatic N) is 3. The SMILES string of the molecule is Cc1ccc(NC(=O)CCCC(=O)n2cncn2)c(C)c1. The molecule has 110 valence electrons. The number of amides is 1. The van der Waals surface area contributed by atoms with Crippen LogP contribution in [0.1, 0.15) is 35.2 Å². The van der Waals surface area contributed by atoms with Crippen molar-refractivity contribution in [3.8, 4) is 0 Å². The summed E-state index contributed by atoms with van der Waals surface area (Å²) in [5, 5.41) is 6.62. The minimum atomic E-state index is -0.160. The largest absolute Gasteiger partial charge is 0.326 e. The van der Waals surface area contributed by atoms with Gasteiger partial charge >= 0.3 is 0 Å². The zero-order valence-electron chi connectivity index (χ0n) is 12.2. The van der Waals surface area contributed by atoms with Gasteiger partial charge in [-0.3, -0.25) is 9.59 Å². The summed E-state index contributed by atoms with van der Waals surface area (Å²) < 4.78 is 1.18. The molecule has 1 aromatic heterocycles. The summed E-state index contributed by atoms with van der Waals surface area (Å²) in [6.45, 7) is 3.96. The standard InChI is InChI=1S/C15H18N4O2/c1-11-6-7-13(12(2)8-11)18-14(20)4-3-5-15(21)19-10-16-9-17-19/h6-10H,3-5H2,1-2H3,(H,18,20). The normalized spacial score (nSPS) is 10.4. The molecule has 0 spiro atoms. The Bertz CT molecular complexity index is 635. The molecule has 1 heterocycles. The van der Waals surface area contributed by atoms with Crippen molar-refractivity contribution in [2.24, 2.45) is 0 Å². The van der Waals surface area contributed by atoms with Gasteiger partial charge in [-0.05, 0) is 31.9 Å². The lowest BCUT2D eigenvalue weighted by Crippen LogP contribution is -2.15. The minimum absolute atomic E-state index is 0.0895. The van der Waals surface area contributed by atoms with Gasteiger partial charge in [0, 0.05) is 18.5 Å². The fraction of sp³-hybridized carbons (Fsp3) is 0.333. The molecule has 0 fully saturated rings. The van der Waals surface area contributed by atoms with E-state index < -0.39 is 0 Å². The molecule has 0 bridgehead atoms. The lowest BCUT2D eigenvalue weighted by molar-refractivity contribution is -0.116. The first-order chi connectivity index (χ1) is 10.1. The number of benzene rings is 1. The quantitative estimate of drug-likeness (QED) is 0.915. The Kier molecular flexibility index (Phi) is 4.81. The molecular formula is C15H18N4O2. The van der Waals surface area contributed by atoms with Crippen molar-refractivity contribution in [3.05, 3.63) is 42.0 Å². The number of carbonyl (C=O) groups excluding carboxylic acids is 2. The van der Waals surface area contributed by atoms with Gasteiger partial charge in [0.1, 0.15) is 12.7 Å². The van der Waals surface area contributed by atoms with Crippen LogP contribution in [0.3, 0.4) is 0 Å². The van der Waals surface area contributed by atoms with Crippen LogP contribution in [0.25, 0.3) is 0 Å². The van der Waals surface area contributed by atoms with Gasteiger partial charge in [0.25, 0.3) is 0 Å². The summed E-state index contributed by atoms with van der Waals surface area (Å²) in [7, 11) is 0. The highest BCUT2D eigenvalue weighted by Crippen LogP contribution is 2.16. The van der Waals surface area contributed by atoms with Crippen LogP contribution < -0.4 is 5.32 Å². The number of aromatic nitrogens is 3. The van der Waals surface area contributed by atoms with E-state index in [9.17, 15) is 9.59 Å². The third kappa shape index (κ3) is 4.24. The molecule has 2 rings (SSSR count). The van der Waals surface area contributed by atoms with Gasteiger partial charge in [-0.25, -0.2) is 4.98 Å². The van der Waals surface area contributed by atoms with Crippen molar-refractivity contribution in [2.45, 2.75) is 33.1 Å². The Hall–Kier alpha value is -2.50. The van der Waals surface area contributed by atoms with Crippen LogP contribution in [0, 0.1) is 13.8 Å². The fourth-order valence-electron chi connectivity index (χ4n) is 2.02. The first kappa shape index (κ1) is 14.9. The molecule has 1 amide bonds. The molecule has 2 aromatic rings. The van der Waals surface area contributed by atoms with Crippen molar-refractivity contribution in [2.75, 3.05) is 5.32 Å². The maximum absolute atomic E-state index is 11.9. The van der Waals surface area contributed by atoms with Crippen LogP contribution in [0.15, 0.2) is 30.9 Å². The number of rotatable bonds is 5. The molecule has 0 aliphatic rings. The number of aryl methyl sites for hydroxylation is 2. The number of carbonyl (C=O) groups is 2. The number of hydrogen-bond acceptors (Lipinski definition) is 4. The van der Waals surface area contributed by atoms with Crippen LogP contribution in [-0.4, -0.2) is 26.6 Å². The summed E-state index contributed by atoms with van der Waals surface area (Å²) in [6, 6.07) is 5.86. The van der Waals surface area contributed by atoms with Crippen molar-refractivity contribution in [1.29, 1.82) is 0 Å². The van der Waals surface area contributed by atoms with Gasteiger partial charge in [0.15, 0.2) is 0 Å². The molecule has 0 aliphatic carbocycles. The van der Waals surface area contributed by atoms with Crippen LogP contribution in [0.2, 0.25) is 0 Å². The van der Waals surface area contributed by atoms with E-state index in [0.717, 1.165) is 16.8 Å². The predicted octanol–water partition coefficient (Wildman–Crippen LogP) is 2.34. The van der Waals surface area contributed by atoms with Crippen LogP contribution in [0.4, 0.5) is 5.69 Å². The average molecular weight is 286 g/mol. The van der Waals surface area contributed by atoms with Crippen molar-refractivity contribution < 1.29 is 9.59 Å². The molecule has 0 saturated heterocycles. The van der Waals surface area contributed by atoms with E-state index in [0.29, 0.717) is 12.8 Å². The summed E-state index contributed by atoms with van der Waals surface area (Å²) in [6.07, 6.45) is 3.72. The highest BCUT2D eigenvalue weighted by molar-refractivity contribution is 5.91. The summed E-state index contributed by atoms with van der Waals surface area (Å²) >= 11 is 0. The van der Waals surface area contributed by atoms with Gasteiger partial charge < -0.3 is 5.32 Å². The Morgan fingerprint density at radius 1 is 1.24 bits per heavy atom. The molecule has 0 radical (unpaired) electrons. The highest BCUT2D eigenvalue weighted by Gasteiger charge is 2.08. The molecule has 0 unspecified atom stereocenters. The van der Waals surface area contributed by atoms with Crippen LogP contribution >= 0.6 is 0 Å². The highest BCUT2D eigenvalue weighted by atomic mass is 16.2. The van der Waals surface area contributed by atoms with Gasteiger partial charge in [0.05, 0.1) is 0 Å². The third-order valence-corrected chi connectivity index (χ3v) is 3.12. The van der Waals surface area contributed by atoms with Crippen molar-refractivity contribution in [3.63, 3.8) is 0 Å². The molecule has 6 nitrogen and oxygen atoms in total. The summed E-state index contributed by atoms with van der Waals surface area (Å²) in [5.41, 5.74) is 3.00. The molecule has 0 aliphatic heterocycles. The Morgan fingerprint density at radius 3 is 2.71 bits per heavy atom. The Morgan fingerprint density at radius 2 is 2.05 bits per heavy atom. The predicted molar refractivity (Wildman–Crippen MR) is 79.0 cm³/mol. The van der Waals surface area contributed by atoms with E-state index in [1.807, 2.05) is 32.0 Å². The second-order valence-electron chi connectivity index (χ2n) is 4.95. The Balaban J connectivity index is 1.78. The molecule has 0 atom stereocenters. The molecule has 21 heavy (non-hydrogen) atoms. The van der Waals surface area contributed by atoms with Crippen molar-refractivity contribution in [1.82, 2.24) is 14.8 Å². The zero-order valence-corrected chi connectivity index (χ0v) is 12.2. The van der Waals surface area contributed by atoms with Crippen LogP contribution in [-0.2, 0) is 4.79 Å². The second-order valence-corrected chi connectivity index (χ2v) is 4.95. The van der Waals surface area contributed by atoms with Crippen molar-refractivity contribution >= 4 is 17.5 Å². The van der Waals surface area contributed by atoms with Gasteiger partial charge in [0.2, 0.25) is 11.8 Å². The summed E-state index contributed by atoms with van der Waals surface area (Å²) in [4.78, 5) is 27.2. The van der Waals surface area contributed by atoms with Gasteiger partial charge in [-0.15, -0.1) is 0 Å². The van der Waals surface area contributed by atoms with Crippen LogP contribution in [0.5, 0.6) is 0 Å². The molecule has 1 aromatic carbocycles. The smallest absolute Gasteiger partial charge is 0.248 e. The maximum Gasteiger partial charge on any atom is 0.248 e. The lowest BCUT2D eigenvalue weighted by atomic mass is 10.1. The molecule has 0 saturated carbocycles. The first-order valence-corrected chi connectivity index (χ1v) is 6.81. The van der Waals surface area contributed by atoms with E-state index in [2.05, 4.69) is 15.4 Å². The molecule has 6 heteroatoms. The minimum Gasteiger partial charge on any atom is -0.326 e. The third-order valence-electron chi connectivity index (χ3n) is 3.12. The van der Waals surface area contributed by atoms with E-state index in [1.54, 1.807) is 0 Å². The number of nitrogens with one attached hydrogen (secondary N) is 1. The number of anilines is 1. The van der Waals surface area contributed by atoms with Gasteiger partial charge in [-0.2, -0.15) is 9.78 Å². The Labute approximate surface area is 123 Å².